The first-order valence-corrected chi connectivity index (χ1v) is 6.80. The fraction of sp³-hybridized carbons (Fsp3) is 0.125. The number of imidazole rings is 1. The van der Waals surface area contributed by atoms with Crippen LogP contribution in [0.2, 0.25) is 5.02 Å². The molecule has 3 nitrogen and oxygen atoms in total. The summed E-state index contributed by atoms with van der Waals surface area (Å²) in [4.78, 5) is 16.4. The van der Waals surface area contributed by atoms with Crippen molar-refractivity contribution < 1.29 is 4.79 Å². The van der Waals surface area contributed by atoms with Gasteiger partial charge in [-0.15, -0.1) is 0 Å². The molecule has 0 fully saturated rings. The lowest BCUT2D eigenvalue weighted by molar-refractivity contribution is 0.0977. The molecule has 0 amide bonds. The highest BCUT2D eigenvalue weighted by atomic mass is 35.5. The van der Waals surface area contributed by atoms with Crippen molar-refractivity contribution in [3.8, 4) is 0 Å². The molecule has 0 radical (unpaired) electrons. The number of halogens is 1. The average molecular weight is 285 g/mol. The maximum Gasteiger partial charge on any atom is 0.164 e. The van der Waals surface area contributed by atoms with E-state index in [4.69, 9.17) is 11.6 Å². The molecule has 3 aromatic rings. The van der Waals surface area contributed by atoms with Crippen LogP contribution in [-0.4, -0.2) is 15.3 Å². The van der Waals surface area contributed by atoms with Crippen molar-refractivity contribution >= 4 is 28.4 Å². The molecule has 0 aliphatic heterocycles. The Morgan fingerprint density at radius 3 is 2.65 bits per heavy atom. The van der Waals surface area contributed by atoms with E-state index in [-0.39, 0.29) is 5.78 Å². The molecule has 4 heteroatoms. The normalized spacial score (nSPS) is 10.8. The van der Waals surface area contributed by atoms with Gasteiger partial charge in [0.2, 0.25) is 0 Å². The Morgan fingerprint density at radius 2 is 1.85 bits per heavy atom. The Hall–Kier alpha value is -2.13. The molecule has 3 rings (SSSR count). The Morgan fingerprint density at radius 1 is 1.10 bits per heavy atom. The first-order chi connectivity index (χ1) is 9.74. The van der Waals surface area contributed by atoms with Crippen LogP contribution in [0.5, 0.6) is 0 Å². The molecule has 0 saturated carbocycles. The second-order valence-electron chi connectivity index (χ2n) is 4.61. The second-order valence-corrected chi connectivity index (χ2v) is 5.04. The Labute approximate surface area is 121 Å². The lowest BCUT2D eigenvalue weighted by atomic mass is 10.1. The maximum absolute atomic E-state index is 12.1. The number of para-hydroxylation sites is 2. The van der Waals surface area contributed by atoms with Gasteiger partial charge in [-0.2, -0.15) is 0 Å². The van der Waals surface area contributed by atoms with E-state index in [1.165, 1.54) is 0 Å². The molecule has 0 unspecified atom stereocenters. The number of benzene rings is 2. The van der Waals surface area contributed by atoms with Crippen LogP contribution in [0.15, 0.2) is 54.9 Å². The van der Waals surface area contributed by atoms with Crippen molar-refractivity contribution in [1.29, 1.82) is 0 Å². The van der Waals surface area contributed by atoms with Crippen LogP contribution >= 0.6 is 11.6 Å². The van der Waals surface area contributed by atoms with Gasteiger partial charge in [0.1, 0.15) is 0 Å². The molecule has 0 N–H and O–H groups in total. The molecule has 0 spiro atoms. The van der Waals surface area contributed by atoms with Crippen molar-refractivity contribution in [2.24, 2.45) is 0 Å². The molecular formula is C16H13ClN2O. The van der Waals surface area contributed by atoms with Crippen LogP contribution in [0.3, 0.4) is 0 Å². The van der Waals surface area contributed by atoms with Gasteiger partial charge < -0.3 is 4.57 Å². The van der Waals surface area contributed by atoms with Crippen LogP contribution in [0.1, 0.15) is 16.8 Å². The molecule has 2 aromatic carbocycles. The van der Waals surface area contributed by atoms with Crippen LogP contribution in [0.4, 0.5) is 0 Å². The van der Waals surface area contributed by atoms with Gasteiger partial charge in [0, 0.05) is 23.6 Å². The predicted molar refractivity (Wildman–Crippen MR) is 80.1 cm³/mol. The summed E-state index contributed by atoms with van der Waals surface area (Å²) < 4.78 is 2.00. The van der Waals surface area contributed by atoms with E-state index >= 15 is 0 Å². The van der Waals surface area contributed by atoms with Crippen LogP contribution in [0.25, 0.3) is 11.0 Å². The summed E-state index contributed by atoms with van der Waals surface area (Å²) in [5.41, 5.74) is 2.70. The third-order valence-corrected chi connectivity index (χ3v) is 3.53. The molecule has 0 bridgehead atoms. The van der Waals surface area contributed by atoms with E-state index in [2.05, 4.69) is 4.98 Å². The fourth-order valence-electron chi connectivity index (χ4n) is 2.19. The highest BCUT2D eigenvalue weighted by Gasteiger charge is 2.07. The lowest BCUT2D eigenvalue weighted by Gasteiger charge is -2.04. The Kier molecular flexibility index (Phi) is 3.52. The summed E-state index contributed by atoms with van der Waals surface area (Å²) >= 11 is 5.82. The fourth-order valence-corrected chi connectivity index (χ4v) is 2.32. The SMILES string of the molecule is O=C(CCn1cnc2ccccc21)c1ccc(Cl)cc1. The second kappa shape index (κ2) is 5.47. The van der Waals surface area contributed by atoms with Gasteiger partial charge in [-0.25, -0.2) is 4.98 Å². The maximum atomic E-state index is 12.1. The number of ketones is 1. The highest BCUT2D eigenvalue weighted by molar-refractivity contribution is 6.30. The quantitative estimate of drug-likeness (QED) is 0.680. The van der Waals surface area contributed by atoms with E-state index in [1.54, 1.807) is 30.6 Å². The molecule has 0 saturated heterocycles. The minimum Gasteiger partial charge on any atom is -0.330 e. The largest absolute Gasteiger partial charge is 0.330 e. The van der Waals surface area contributed by atoms with Crippen molar-refractivity contribution in [2.75, 3.05) is 0 Å². The van der Waals surface area contributed by atoms with Crippen LogP contribution < -0.4 is 0 Å². The summed E-state index contributed by atoms with van der Waals surface area (Å²) in [6, 6.07) is 14.9. The number of aryl methyl sites for hydroxylation is 1. The van der Waals surface area contributed by atoms with E-state index in [1.807, 2.05) is 28.8 Å². The lowest BCUT2D eigenvalue weighted by Crippen LogP contribution is -2.05. The third kappa shape index (κ3) is 2.58. The zero-order valence-electron chi connectivity index (χ0n) is 10.8. The van der Waals surface area contributed by atoms with Gasteiger partial charge >= 0.3 is 0 Å². The van der Waals surface area contributed by atoms with E-state index < -0.39 is 0 Å². The number of aromatic nitrogens is 2. The average Bonchev–Trinajstić information content (AvgIpc) is 2.89. The monoisotopic (exact) mass is 284 g/mol. The molecule has 0 atom stereocenters. The number of hydrogen-bond acceptors (Lipinski definition) is 2. The predicted octanol–water partition coefficient (Wildman–Crippen LogP) is 3.96. The Bertz CT molecular complexity index is 747. The van der Waals surface area contributed by atoms with Crippen molar-refractivity contribution in [1.82, 2.24) is 9.55 Å². The number of rotatable bonds is 4. The first kappa shape index (κ1) is 12.9. The number of nitrogens with zero attached hydrogens (tertiary/aromatic N) is 2. The smallest absolute Gasteiger partial charge is 0.164 e. The Balaban J connectivity index is 1.73. The summed E-state index contributed by atoms with van der Waals surface area (Å²) in [6.07, 6.45) is 2.22. The van der Waals surface area contributed by atoms with Crippen molar-refractivity contribution in [3.63, 3.8) is 0 Å². The number of Topliss-reactive ketones (excluding diaryl/α,β-unsaturated/α-hetero) is 1. The summed E-state index contributed by atoms with van der Waals surface area (Å²) in [5, 5.41) is 0.641. The minimum atomic E-state index is 0.111. The van der Waals surface area contributed by atoms with Gasteiger partial charge in [-0.1, -0.05) is 23.7 Å². The molecule has 100 valence electrons. The third-order valence-electron chi connectivity index (χ3n) is 3.27. The topological polar surface area (TPSA) is 34.9 Å². The van der Waals surface area contributed by atoms with E-state index in [0.717, 1.165) is 11.0 Å². The number of hydrogen-bond donors (Lipinski definition) is 0. The summed E-state index contributed by atoms with van der Waals surface area (Å²) in [6.45, 7) is 0.627. The van der Waals surface area contributed by atoms with E-state index in [9.17, 15) is 4.79 Å². The number of fused-ring (bicyclic) bond motifs is 1. The molecular weight excluding hydrogens is 272 g/mol. The molecule has 1 heterocycles. The van der Waals surface area contributed by atoms with Gasteiger partial charge in [0.15, 0.2) is 5.78 Å². The highest BCUT2D eigenvalue weighted by Crippen LogP contribution is 2.14. The zero-order valence-corrected chi connectivity index (χ0v) is 11.5. The van der Waals surface area contributed by atoms with Gasteiger partial charge in [-0.05, 0) is 36.4 Å². The van der Waals surface area contributed by atoms with Crippen LogP contribution in [0, 0.1) is 0 Å². The number of carbonyl (C=O) groups excluding carboxylic acids is 1. The molecule has 0 aliphatic carbocycles. The first-order valence-electron chi connectivity index (χ1n) is 6.43. The van der Waals surface area contributed by atoms with Crippen LogP contribution in [-0.2, 0) is 6.54 Å². The van der Waals surface area contributed by atoms with Crippen molar-refractivity contribution in [3.05, 3.63) is 65.4 Å². The summed E-state index contributed by atoms with van der Waals surface area (Å²) in [7, 11) is 0. The standard InChI is InChI=1S/C16H13ClN2O/c17-13-7-5-12(6-8-13)16(20)9-10-19-11-18-14-3-1-2-4-15(14)19/h1-8,11H,9-10H2. The minimum absolute atomic E-state index is 0.111. The van der Waals surface area contributed by atoms with E-state index in [0.29, 0.717) is 23.6 Å². The number of carbonyl (C=O) groups is 1. The zero-order chi connectivity index (χ0) is 13.9. The molecule has 0 aliphatic rings. The van der Waals surface area contributed by atoms with Crippen molar-refractivity contribution in [2.45, 2.75) is 13.0 Å². The van der Waals surface area contributed by atoms with Gasteiger partial charge in [0.25, 0.3) is 0 Å². The molecule has 1 aromatic heterocycles. The molecule has 20 heavy (non-hydrogen) atoms. The van der Waals surface area contributed by atoms with Gasteiger partial charge in [-0.3, -0.25) is 4.79 Å². The summed E-state index contributed by atoms with van der Waals surface area (Å²) in [5.74, 6) is 0.111. The van der Waals surface area contributed by atoms with Gasteiger partial charge in [0.05, 0.1) is 17.4 Å².